The molecular formula is C12H23NO4. The SMILES string of the molecule is CCOC(=O)COCCN1CCC(C)C1CO. The number of aliphatic hydroxyl groups is 1. The average Bonchev–Trinajstić information content (AvgIpc) is 2.66. The minimum atomic E-state index is -0.319. The second-order valence-corrected chi connectivity index (χ2v) is 4.41. The molecule has 17 heavy (non-hydrogen) atoms. The molecule has 1 N–H and O–H groups in total. The summed E-state index contributed by atoms with van der Waals surface area (Å²) in [4.78, 5) is 13.2. The highest BCUT2D eigenvalue weighted by Gasteiger charge is 2.29. The maximum atomic E-state index is 11.0. The monoisotopic (exact) mass is 245 g/mol. The Morgan fingerprint density at radius 2 is 2.29 bits per heavy atom. The summed E-state index contributed by atoms with van der Waals surface area (Å²) in [5.41, 5.74) is 0. The molecule has 0 aromatic heterocycles. The van der Waals surface area contributed by atoms with E-state index in [1.54, 1.807) is 6.92 Å². The van der Waals surface area contributed by atoms with Gasteiger partial charge in [0.25, 0.3) is 0 Å². The van der Waals surface area contributed by atoms with Crippen molar-refractivity contribution in [1.82, 2.24) is 4.90 Å². The summed E-state index contributed by atoms with van der Waals surface area (Å²) in [5.74, 6) is 0.214. The molecule has 0 aliphatic carbocycles. The summed E-state index contributed by atoms with van der Waals surface area (Å²) in [7, 11) is 0. The molecule has 5 heteroatoms. The van der Waals surface area contributed by atoms with Gasteiger partial charge in [-0.25, -0.2) is 4.79 Å². The summed E-state index contributed by atoms with van der Waals surface area (Å²) in [6, 6.07) is 0.237. The van der Waals surface area contributed by atoms with Crippen LogP contribution in [0.2, 0.25) is 0 Å². The fourth-order valence-electron chi connectivity index (χ4n) is 2.20. The third-order valence-corrected chi connectivity index (χ3v) is 3.23. The van der Waals surface area contributed by atoms with Crippen LogP contribution in [0.4, 0.5) is 0 Å². The highest BCUT2D eigenvalue weighted by atomic mass is 16.6. The Morgan fingerprint density at radius 1 is 1.53 bits per heavy atom. The number of nitrogens with zero attached hydrogens (tertiary/aromatic N) is 1. The molecule has 1 fully saturated rings. The normalized spacial score (nSPS) is 25.1. The van der Waals surface area contributed by atoms with Crippen molar-refractivity contribution in [3.8, 4) is 0 Å². The Balaban J connectivity index is 2.12. The molecule has 0 aromatic carbocycles. The maximum Gasteiger partial charge on any atom is 0.332 e. The Hall–Kier alpha value is -0.650. The molecule has 2 atom stereocenters. The van der Waals surface area contributed by atoms with Crippen molar-refractivity contribution in [2.24, 2.45) is 5.92 Å². The molecule has 0 radical (unpaired) electrons. The molecular weight excluding hydrogens is 222 g/mol. The first-order valence-corrected chi connectivity index (χ1v) is 6.27. The van der Waals surface area contributed by atoms with Crippen LogP contribution in [-0.4, -0.2) is 61.5 Å². The van der Waals surface area contributed by atoms with Crippen LogP contribution in [0.5, 0.6) is 0 Å². The zero-order valence-corrected chi connectivity index (χ0v) is 10.7. The predicted octanol–water partition coefficient (Wildman–Crippen LogP) is 0.269. The van der Waals surface area contributed by atoms with E-state index >= 15 is 0 Å². The van der Waals surface area contributed by atoms with Gasteiger partial charge in [0.05, 0.1) is 19.8 Å². The first-order valence-electron chi connectivity index (χ1n) is 6.27. The van der Waals surface area contributed by atoms with Gasteiger partial charge in [-0.15, -0.1) is 0 Å². The minimum Gasteiger partial charge on any atom is -0.464 e. The van der Waals surface area contributed by atoms with Crippen molar-refractivity contribution < 1.29 is 19.4 Å². The summed E-state index contributed by atoms with van der Waals surface area (Å²) in [6.45, 7) is 6.78. The molecule has 1 aliphatic heterocycles. The third-order valence-electron chi connectivity index (χ3n) is 3.23. The van der Waals surface area contributed by atoms with Crippen molar-refractivity contribution in [3.05, 3.63) is 0 Å². The molecule has 2 unspecified atom stereocenters. The van der Waals surface area contributed by atoms with Gasteiger partial charge in [0.2, 0.25) is 0 Å². The topological polar surface area (TPSA) is 59.0 Å². The molecule has 0 aromatic rings. The van der Waals surface area contributed by atoms with Crippen molar-refractivity contribution in [2.45, 2.75) is 26.3 Å². The molecule has 0 amide bonds. The van der Waals surface area contributed by atoms with Crippen molar-refractivity contribution >= 4 is 5.97 Å². The number of carbonyl (C=O) groups excluding carboxylic acids is 1. The minimum absolute atomic E-state index is 0.0149. The standard InChI is InChI=1S/C12H23NO4/c1-3-17-12(15)9-16-7-6-13-5-4-10(2)11(13)8-14/h10-11,14H,3-9H2,1-2H3. The third kappa shape index (κ3) is 4.61. The van der Waals surface area contributed by atoms with Crippen LogP contribution in [0.1, 0.15) is 20.3 Å². The Kier molecular flexibility index (Phi) is 6.47. The van der Waals surface area contributed by atoms with Gasteiger partial charge < -0.3 is 14.6 Å². The van der Waals surface area contributed by atoms with Gasteiger partial charge in [0.1, 0.15) is 6.61 Å². The van der Waals surface area contributed by atoms with Gasteiger partial charge in [-0.1, -0.05) is 6.92 Å². The van der Waals surface area contributed by atoms with Gasteiger partial charge >= 0.3 is 5.97 Å². The van der Waals surface area contributed by atoms with Crippen molar-refractivity contribution in [3.63, 3.8) is 0 Å². The van der Waals surface area contributed by atoms with E-state index in [4.69, 9.17) is 9.47 Å². The predicted molar refractivity (Wildman–Crippen MR) is 63.7 cm³/mol. The van der Waals surface area contributed by atoms with Gasteiger partial charge in [0, 0.05) is 12.6 Å². The molecule has 1 heterocycles. The van der Waals surface area contributed by atoms with E-state index in [0.717, 1.165) is 19.5 Å². The average molecular weight is 245 g/mol. The lowest BCUT2D eigenvalue weighted by Crippen LogP contribution is -2.37. The lowest BCUT2D eigenvalue weighted by Gasteiger charge is -2.24. The number of hydrogen-bond acceptors (Lipinski definition) is 5. The number of likely N-dealkylation sites (tertiary alicyclic amines) is 1. The number of carbonyl (C=O) groups is 1. The Labute approximate surface area is 103 Å². The lowest BCUT2D eigenvalue weighted by atomic mass is 10.0. The van der Waals surface area contributed by atoms with E-state index in [1.807, 2.05) is 0 Å². The van der Waals surface area contributed by atoms with Gasteiger partial charge in [0.15, 0.2) is 0 Å². The number of ether oxygens (including phenoxy) is 2. The van der Waals surface area contributed by atoms with Crippen LogP contribution in [0.25, 0.3) is 0 Å². The molecule has 0 spiro atoms. The molecule has 100 valence electrons. The second kappa shape index (κ2) is 7.63. The number of rotatable bonds is 7. The zero-order valence-electron chi connectivity index (χ0n) is 10.7. The van der Waals surface area contributed by atoms with E-state index in [1.165, 1.54) is 0 Å². The van der Waals surface area contributed by atoms with E-state index in [0.29, 0.717) is 19.1 Å². The molecule has 1 saturated heterocycles. The number of aliphatic hydroxyl groups excluding tert-OH is 1. The maximum absolute atomic E-state index is 11.0. The highest BCUT2D eigenvalue weighted by molar-refractivity contribution is 5.70. The van der Waals surface area contributed by atoms with Gasteiger partial charge in [-0.3, -0.25) is 4.90 Å². The summed E-state index contributed by atoms with van der Waals surface area (Å²) in [5, 5.41) is 9.26. The quantitative estimate of drug-likeness (QED) is 0.515. The summed E-state index contributed by atoms with van der Waals surface area (Å²) < 4.78 is 10.00. The Bertz CT molecular complexity index is 235. The van der Waals surface area contributed by atoms with Crippen LogP contribution >= 0.6 is 0 Å². The summed E-state index contributed by atoms with van der Waals surface area (Å²) in [6.07, 6.45) is 1.11. The lowest BCUT2D eigenvalue weighted by molar-refractivity contribution is -0.148. The molecule has 0 saturated carbocycles. The fourth-order valence-corrected chi connectivity index (χ4v) is 2.20. The van der Waals surface area contributed by atoms with Crippen molar-refractivity contribution in [1.29, 1.82) is 0 Å². The van der Waals surface area contributed by atoms with Gasteiger partial charge in [-0.05, 0) is 25.8 Å². The Morgan fingerprint density at radius 3 is 2.94 bits per heavy atom. The highest BCUT2D eigenvalue weighted by Crippen LogP contribution is 2.22. The second-order valence-electron chi connectivity index (χ2n) is 4.41. The molecule has 0 bridgehead atoms. The molecule has 1 aliphatic rings. The van der Waals surface area contributed by atoms with E-state index in [9.17, 15) is 9.90 Å². The van der Waals surface area contributed by atoms with E-state index in [-0.39, 0.29) is 25.2 Å². The zero-order chi connectivity index (χ0) is 12.7. The number of hydrogen-bond donors (Lipinski definition) is 1. The largest absolute Gasteiger partial charge is 0.464 e. The van der Waals surface area contributed by atoms with E-state index in [2.05, 4.69) is 11.8 Å². The number of esters is 1. The molecule has 5 nitrogen and oxygen atoms in total. The smallest absolute Gasteiger partial charge is 0.332 e. The van der Waals surface area contributed by atoms with Crippen LogP contribution in [0, 0.1) is 5.92 Å². The first-order chi connectivity index (χ1) is 8.19. The van der Waals surface area contributed by atoms with Gasteiger partial charge in [-0.2, -0.15) is 0 Å². The van der Waals surface area contributed by atoms with Crippen LogP contribution in [-0.2, 0) is 14.3 Å². The van der Waals surface area contributed by atoms with Crippen LogP contribution in [0.3, 0.4) is 0 Å². The first kappa shape index (κ1) is 14.4. The summed E-state index contributed by atoms with van der Waals surface area (Å²) >= 11 is 0. The van der Waals surface area contributed by atoms with Crippen LogP contribution in [0.15, 0.2) is 0 Å². The van der Waals surface area contributed by atoms with E-state index < -0.39 is 0 Å². The molecule has 1 rings (SSSR count). The van der Waals surface area contributed by atoms with Crippen LogP contribution < -0.4 is 0 Å². The fraction of sp³-hybridized carbons (Fsp3) is 0.917. The van der Waals surface area contributed by atoms with Crippen molar-refractivity contribution in [2.75, 3.05) is 39.5 Å².